The second kappa shape index (κ2) is 8.53. The second-order valence-corrected chi connectivity index (χ2v) is 6.03. The third-order valence-corrected chi connectivity index (χ3v) is 3.90. The maximum Gasteiger partial charge on any atom is 0.337 e. The highest BCUT2D eigenvalue weighted by molar-refractivity contribution is 6.30. The zero-order valence-corrected chi connectivity index (χ0v) is 15.1. The molecule has 6 heteroatoms. The summed E-state index contributed by atoms with van der Waals surface area (Å²) in [6.45, 7) is 2.11. The Morgan fingerprint density at radius 1 is 1.08 bits per heavy atom. The SMILES string of the molecule is COC(=O)c1ccc(CN(C)C(=O)C(C)Oc2ccc(Cl)cc2)cc1. The minimum absolute atomic E-state index is 0.146. The highest BCUT2D eigenvalue weighted by Crippen LogP contribution is 2.17. The summed E-state index contributed by atoms with van der Waals surface area (Å²) in [6.07, 6.45) is -0.625. The zero-order valence-electron chi connectivity index (χ0n) is 14.4. The van der Waals surface area contributed by atoms with Gasteiger partial charge in [0.25, 0.3) is 5.91 Å². The number of benzene rings is 2. The highest BCUT2D eigenvalue weighted by atomic mass is 35.5. The summed E-state index contributed by atoms with van der Waals surface area (Å²) in [5.74, 6) is 0.0500. The van der Waals surface area contributed by atoms with Gasteiger partial charge in [0, 0.05) is 18.6 Å². The first-order valence-electron chi connectivity index (χ1n) is 7.75. The molecule has 2 aromatic rings. The Kier molecular flexibility index (Phi) is 6.42. The molecule has 0 heterocycles. The largest absolute Gasteiger partial charge is 0.481 e. The second-order valence-electron chi connectivity index (χ2n) is 5.60. The Bertz CT molecular complexity index is 728. The van der Waals surface area contributed by atoms with Crippen LogP contribution in [0.4, 0.5) is 0 Å². The van der Waals surface area contributed by atoms with E-state index in [-0.39, 0.29) is 11.9 Å². The van der Waals surface area contributed by atoms with E-state index >= 15 is 0 Å². The maximum atomic E-state index is 12.4. The van der Waals surface area contributed by atoms with Crippen molar-refractivity contribution < 1.29 is 19.1 Å². The number of carbonyl (C=O) groups is 2. The summed E-state index contributed by atoms with van der Waals surface area (Å²) >= 11 is 5.83. The lowest BCUT2D eigenvalue weighted by Crippen LogP contribution is -2.37. The first-order valence-corrected chi connectivity index (χ1v) is 8.13. The van der Waals surface area contributed by atoms with Gasteiger partial charge in [-0.15, -0.1) is 0 Å². The van der Waals surface area contributed by atoms with Gasteiger partial charge in [-0.05, 0) is 48.9 Å². The molecule has 1 amide bonds. The van der Waals surface area contributed by atoms with Crippen LogP contribution in [0.3, 0.4) is 0 Å². The van der Waals surface area contributed by atoms with E-state index in [0.29, 0.717) is 22.9 Å². The van der Waals surface area contributed by atoms with E-state index in [1.165, 1.54) is 7.11 Å². The fourth-order valence-electron chi connectivity index (χ4n) is 2.29. The Morgan fingerprint density at radius 2 is 1.68 bits per heavy atom. The molecular formula is C19H20ClNO4. The lowest BCUT2D eigenvalue weighted by Gasteiger charge is -2.22. The molecule has 0 aliphatic carbocycles. The molecule has 0 aliphatic rings. The van der Waals surface area contributed by atoms with Gasteiger partial charge in [-0.25, -0.2) is 4.79 Å². The zero-order chi connectivity index (χ0) is 18.4. The molecule has 5 nitrogen and oxygen atoms in total. The predicted octanol–water partition coefficient (Wildman–Crippen LogP) is 3.55. The Balaban J connectivity index is 1.94. The number of methoxy groups -OCH3 is 1. The molecule has 1 unspecified atom stereocenters. The van der Waals surface area contributed by atoms with Crippen molar-refractivity contribution in [3.63, 3.8) is 0 Å². The molecule has 2 aromatic carbocycles. The monoisotopic (exact) mass is 361 g/mol. The van der Waals surface area contributed by atoms with Crippen molar-refractivity contribution in [2.24, 2.45) is 0 Å². The van der Waals surface area contributed by atoms with Crippen LogP contribution in [0.1, 0.15) is 22.8 Å². The van der Waals surface area contributed by atoms with Crippen molar-refractivity contribution in [3.8, 4) is 5.75 Å². The van der Waals surface area contributed by atoms with Gasteiger partial charge in [-0.2, -0.15) is 0 Å². The third-order valence-electron chi connectivity index (χ3n) is 3.65. The smallest absolute Gasteiger partial charge is 0.337 e. The van der Waals surface area contributed by atoms with Crippen LogP contribution in [0.2, 0.25) is 5.02 Å². The van der Waals surface area contributed by atoms with Gasteiger partial charge in [0.2, 0.25) is 0 Å². The maximum absolute atomic E-state index is 12.4. The van der Waals surface area contributed by atoms with Crippen LogP contribution in [0.15, 0.2) is 48.5 Å². The molecule has 25 heavy (non-hydrogen) atoms. The van der Waals surface area contributed by atoms with Crippen LogP contribution in [-0.4, -0.2) is 37.0 Å². The standard InChI is InChI=1S/C19H20ClNO4/c1-13(25-17-10-8-16(20)9-11-17)18(22)21(2)12-14-4-6-15(7-5-14)19(23)24-3/h4-11,13H,12H2,1-3H3. The number of amides is 1. The molecule has 0 fully saturated rings. The molecule has 0 spiro atoms. The molecule has 0 bridgehead atoms. The van der Waals surface area contributed by atoms with Gasteiger partial charge in [0.05, 0.1) is 12.7 Å². The molecule has 0 saturated carbocycles. The van der Waals surface area contributed by atoms with Gasteiger partial charge in [0.1, 0.15) is 5.75 Å². The number of likely N-dealkylation sites (N-methyl/N-ethyl adjacent to an activating group) is 1. The molecule has 0 aromatic heterocycles. The topological polar surface area (TPSA) is 55.8 Å². The van der Waals surface area contributed by atoms with E-state index in [4.69, 9.17) is 16.3 Å². The van der Waals surface area contributed by atoms with E-state index in [9.17, 15) is 9.59 Å². The van der Waals surface area contributed by atoms with Gasteiger partial charge < -0.3 is 14.4 Å². The fraction of sp³-hybridized carbons (Fsp3) is 0.263. The average molecular weight is 362 g/mol. The first kappa shape index (κ1) is 18.8. The van der Waals surface area contributed by atoms with Gasteiger partial charge in [-0.3, -0.25) is 4.79 Å². The first-order chi connectivity index (χ1) is 11.9. The van der Waals surface area contributed by atoms with E-state index in [1.54, 1.807) is 67.4 Å². The number of ether oxygens (including phenoxy) is 2. The predicted molar refractivity (Wildman–Crippen MR) is 95.8 cm³/mol. The summed E-state index contributed by atoms with van der Waals surface area (Å²) in [6, 6.07) is 13.8. The van der Waals surface area contributed by atoms with Crippen molar-refractivity contribution in [3.05, 3.63) is 64.7 Å². The van der Waals surface area contributed by atoms with Gasteiger partial charge in [0.15, 0.2) is 6.10 Å². The molecule has 0 aliphatic heterocycles. The van der Waals surface area contributed by atoms with Crippen LogP contribution in [0, 0.1) is 0 Å². The molecule has 0 radical (unpaired) electrons. The number of rotatable bonds is 6. The molecule has 1 atom stereocenters. The average Bonchev–Trinajstić information content (AvgIpc) is 2.62. The molecule has 0 N–H and O–H groups in total. The lowest BCUT2D eigenvalue weighted by molar-refractivity contribution is -0.137. The molecule has 2 rings (SSSR count). The van der Waals surface area contributed by atoms with Gasteiger partial charge in [-0.1, -0.05) is 23.7 Å². The summed E-state index contributed by atoms with van der Waals surface area (Å²) < 4.78 is 10.3. The Morgan fingerprint density at radius 3 is 2.24 bits per heavy atom. The minimum Gasteiger partial charge on any atom is -0.481 e. The van der Waals surface area contributed by atoms with Crippen LogP contribution < -0.4 is 4.74 Å². The molecule has 0 saturated heterocycles. The molecule has 132 valence electrons. The minimum atomic E-state index is -0.625. The Labute approximate surface area is 152 Å². The van der Waals surface area contributed by atoms with E-state index < -0.39 is 6.10 Å². The van der Waals surface area contributed by atoms with Crippen LogP contribution in [0.5, 0.6) is 5.75 Å². The number of esters is 1. The summed E-state index contributed by atoms with van der Waals surface area (Å²) in [7, 11) is 3.04. The normalized spacial score (nSPS) is 11.5. The quantitative estimate of drug-likeness (QED) is 0.738. The number of hydrogen-bond acceptors (Lipinski definition) is 4. The lowest BCUT2D eigenvalue weighted by atomic mass is 10.1. The summed E-state index contributed by atoms with van der Waals surface area (Å²) in [4.78, 5) is 25.4. The van der Waals surface area contributed by atoms with Crippen LogP contribution in [0.25, 0.3) is 0 Å². The van der Waals surface area contributed by atoms with Crippen molar-refractivity contribution in [1.82, 2.24) is 4.90 Å². The summed E-state index contributed by atoms with van der Waals surface area (Å²) in [5, 5.41) is 0.610. The van der Waals surface area contributed by atoms with Crippen molar-refractivity contribution in [2.45, 2.75) is 19.6 Å². The molecular weight excluding hydrogens is 342 g/mol. The third kappa shape index (κ3) is 5.22. The number of halogens is 1. The van der Waals surface area contributed by atoms with Crippen LogP contribution in [-0.2, 0) is 16.1 Å². The van der Waals surface area contributed by atoms with E-state index in [1.807, 2.05) is 0 Å². The highest BCUT2D eigenvalue weighted by Gasteiger charge is 2.19. The van der Waals surface area contributed by atoms with Crippen molar-refractivity contribution in [1.29, 1.82) is 0 Å². The van der Waals surface area contributed by atoms with Crippen molar-refractivity contribution in [2.75, 3.05) is 14.2 Å². The fourth-order valence-corrected chi connectivity index (χ4v) is 2.42. The Hall–Kier alpha value is -2.53. The van der Waals surface area contributed by atoms with Crippen LogP contribution >= 0.6 is 11.6 Å². The van der Waals surface area contributed by atoms with Crippen molar-refractivity contribution >= 4 is 23.5 Å². The number of hydrogen-bond donors (Lipinski definition) is 0. The number of carbonyl (C=O) groups excluding carboxylic acids is 2. The summed E-state index contributed by atoms with van der Waals surface area (Å²) in [5.41, 5.74) is 1.38. The van der Waals surface area contributed by atoms with E-state index in [2.05, 4.69) is 4.74 Å². The van der Waals surface area contributed by atoms with E-state index in [0.717, 1.165) is 5.56 Å². The van der Waals surface area contributed by atoms with Gasteiger partial charge >= 0.3 is 5.97 Å². The number of nitrogens with zero attached hydrogens (tertiary/aromatic N) is 1.